The molecule has 2 radical (unpaired) electrons. The first-order valence-electron chi connectivity index (χ1n) is 27.0. The number of halogens is 18. The zero-order chi connectivity index (χ0) is 69.6. The van der Waals surface area contributed by atoms with Crippen LogP contribution in [-0.2, 0) is 58.8 Å². The summed E-state index contributed by atoms with van der Waals surface area (Å²) in [6.45, 7) is 8.51. The first kappa shape index (κ1) is 80.3. The predicted molar refractivity (Wildman–Crippen MR) is 323 cm³/mol. The topological polar surface area (TPSA) is 156 Å². The number of aromatic nitrogens is 12. The molecule has 0 bridgehead atoms. The van der Waals surface area contributed by atoms with E-state index in [4.69, 9.17) is 49.8 Å². The molecule has 512 valence electrons. The van der Waals surface area contributed by atoms with Crippen LogP contribution in [0.1, 0.15) is 96.0 Å². The van der Waals surface area contributed by atoms with Gasteiger partial charge in [0.05, 0.1) is 90.0 Å². The van der Waals surface area contributed by atoms with Gasteiger partial charge in [-0.25, -0.2) is 0 Å². The van der Waals surface area contributed by atoms with Gasteiger partial charge in [-0.2, -0.15) is 0 Å². The summed E-state index contributed by atoms with van der Waals surface area (Å²) in [4.78, 5) is 55.4. The van der Waals surface area contributed by atoms with E-state index in [1.54, 1.807) is 12.4 Å². The first-order chi connectivity index (χ1) is 43.1. The van der Waals surface area contributed by atoms with Crippen LogP contribution in [0.3, 0.4) is 0 Å². The monoisotopic (exact) mass is 1490 g/mol. The van der Waals surface area contributed by atoms with Gasteiger partial charge in [0.15, 0.2) is 0 Å². The fraction of sp³-hybridized carbons (Fsp3) is 0.131. The van der Waals surface area contributed by atoms with Crippen molar-refractivity contribution in [2.24, 2.45) is 0 Å². The van der Waals surface area contributed by atoms with Crippen LogP contribution in [0.15, 0.2) is 250 Å². The van der Waals surface area contributed by atoms with E-state index in [2.05, 4.69) is 37.7 Å². The molecule has 0 unspecified atom stereocenters. The molecule has 0 aliphatic carbocycles. The van der Waals surface area contributed by atoms with Crippen molar-refractivity contribution < 1.29 is 113 Å². The van der Waals surface area contributed by atoms with E-state index in [1.807, 2.05) is 232 Å². The standard InChI is InChI=1S/2C29H25N5.C3H3N2.3F6P.2V/c2*1-28(22-12-3-7-18-30-22,23-13-4-8-19-31-23)26-16-11-17-27(34-26)29(2,24-14-5-9-20-32-24)25-15-6-10-21-33-25;1-2-5-3-4-1;3*1-7(2,3,4,5)6;;/h2*3-21H,1-2H3;1-3H;;;;;/q;;4*-1;;. The molecular weight excluding hydrogens is 1440 g/mol. The maximum absolute atomic E-state index is 10.7. The Morgan fingerprint density at radius 2 is 0.396 bits per heavy atom. The molecule has 0 aromatic carbocycles. The molecule has 35 heteroatoms. The van der Waals surface area contributed by atoms with Crippen molar-refractivity contribution in [1.29, 1.82) is 0 Å². The second-order valence-electron chi connectivity index (χ2n) is 20.6. The van der Waals surface area contributed by atoms with E-state index < -0.39 is 45.1 Å². The third kappa shape index (κ3) is 26.5. The summed E-state index contributed by atoms with van der Waals surface area (Å²) in [6.07, 6.45) is 19.3. The van der Waals surface area contributed by atoms with Crippen molar-refractivity contribution in [3.05, 3.63) is 319 Å². The predicted octanol–water partition coefficient (Wildman–Crippen LogP) is 20.9. The summed E-state index contributed by atoms with van der Waals surface area (Å²) >= 11 is 0. The molecule has 96 heavy (non-hydrogen) atoms. The fourth-order valence-corrected chi connectivity index (χ4v) is 9.02. The van der Waals surface area contributed by atoms with Crippen molar-refractivity contribution in [3.8, 4) is 0 Å². The van der Waals surface area contributed by atoms with Crippen LogP contribution in [-0.4, -0.2) is 54.8 Å². The molecule has 0 aliphatic heterocycles. The molecule has 0 saturated carbocycles. The summed E-state index contributed by atoms with van der Waals surface area (Å²) < 4.78 is 178. The Morgan fingerprint density at radius 1 is 0.240 bits per heavy atom. The van der Waals surface area contributed by atoms with Crippen LogP contribution in [0.5, 0.6) is 0 Å². The van der Waals surface area contributed by atoms with Crippen LogP contribution in [0.2, 0.25) is 0 Å². The summed E-state index contributed by atoms with van der Waals surface area (Å²) in [6, 6.07) is 59.9. The maximum atomic E-state index is 9.87. The van der Waals surface area contributed by atoms with E-state index in [0.717, 1.165) is 68.3 Å². The van der Waals surface area contributed by atoms with Crippen LogP contribution in [0, 0.1) is 0 Å². The van der Waals surface area contributed by atoms with Gasteiger partial charge in [-0.15, -0.1) is 0 Å². The number of pyridine rings is 10. The molecular formula is C61H53F18N12P3V2-4. The zero-order valence-corrected chi connectivity index (χ0v) is 55.6. The molecule has 0 saturated heterocycles. The van der Waals surface area contributed by atoms with Gasteiger partial charge in [0.25, 0.3) is 0 Å². The summed E-state index contributed by atoms with van der Waals surface area (Å²) in [5.41, 5.74) is 7.95. The van der Waals surface area contributed by atoms with Gasteiger partial charge in [0, 0.05) is 86.7 Å². The Morgan fingerprint density at radius 3 is 0.500 bits per heavy atom. The molecule has 11 heterocycles. The quantitative estimate of drug-likeness (QED) is 0.0844. The molecule has 0 N–H and O–H groups in total. The van der Waals surface area contributed by atoms with Gasteiger partial charge in [-0.05, 0) is 149 Å². The van der Waals surface area contributed by atoms with Crippen LogP contribution >= 0.6 is 23.4 Å². The van der Waals surface area contributed by atoms with E-state index in [1.165, 1.54) is 6.33 Å². The third-order valence-corrected chi connectivity index (χ3v) is 13.3. The van der Waals surface area contributed by atoms with Gasteiger partial charge >= 0.3 is 99.0 Å². The minimum absolute atomic E-state index is 0. The second kappa shape index (κ2) is 28.5. The Bertz CT molecular complexity index is 3470. The normalized spacial score (nSPS) is 13.9. The SMILES string of the molecule is CC(c1ccccn1)(c1ccccn1)c1cccc(C(C)(c2ccccn2)c2ccccn2)n1.CC(c1ccccn1)(c1ccccn1)c1cccc(C(C)(c2ccccn2)c2ccccn2)n1.F[P-](F)(F)(F)(F)F.F[P-](F)(F)(F)(F)F.F[P-](F)(F)(F)(F)F.[V].[V].c1c[n-]cn1. The van der Waals surface area contributed by atoms with Gasteiger partial charge in [-0.1, -0.05) is 79.4 Å². The molecule has 11 aromatic heterocycles. The van der Waals surface area contributed by atoms with E-state index in [-0.39, 0.29) is 37.1 Å². The van der Waals surface area contributed by atoms with Gasteiger partial charge in [-0.3, -0.25) is 49.8 Å². The van der Waals surface area contributed by atoms with Crippen molar-refractivity contribution in [2.75, 3.05) is 0 Å². The largest absolute Gasteiger partial charge is 0.450 e. The molecule has 0 fully saturated rings. The minimum atomic E-state index is -10.7. The molecule has 0 aliphatic rings. The van der Waals surface area contributed by atoms with Crippen LogP contribution in [0.25, 0.3) is 0 Å². The molecule has 11 aromatic rings. The first-order valence-corrected chi connectivity index (χ1v) is 33.0. The van der Waals surface area contributed by atoms with Gasteiger partial charge < -0.3 is 9.97 Å². The smallest absolute Gasteiger partial charge is 0 e. The average molecular weight is 1490 g/mol. The molecule has 0 amide bonds. The number of rotatable bonds is 12. The average Bonchev–Trinajstić information content (AvgIpc) is 0.787. The number of hydrogen-bond acceptors (Lipinski definition) is 11. The molecule has 0 atom stereocenters. The van der Waals surface area contributed by atoms with E-state index >= 15 is 0 Å². The van der Waals surface area contributed by atoms with Crippen molar-refractivity contribution in [3.63, 3.8) is 0 Å². The Labute approximate surface area is 561 Å². The van der Waals surface area contributed by atoms with Crippen molar-refractivity contribution in [2.45, 2.75) is 49.4 Å². The molecule has 11 rings (SSSR count). The van der Waals surface area contributed by atoms with Crippen molar-refractivity contribution in [1.82, 2.24) is 59.8 Å². The van der Waals surface area contributed by atoms with E-state index in [0.29, 0.717) is 0 Å². The number of imidazole rings is 1. The number of hydrogen-bond donors (Lipinski definition) is 0. The van der Waals surface area contributed by atoms with Crippen LogP contribution in [0.4, 0.5) is 75.5 Å². The molecule has 0 spiro atoms. The van der Waals surface area contributed by atoms with Crippen LogP contribution < -0.4 is 4.98 Å². The Hall–Kier alpha value is -8.09. The van der Waals surface area contributed by atoms with Gasteiger partial charge in [0.1, 0.15) is 0 Å². The van der Waals surface area contributed by atoms with Gasteiger partial charge in [0.2, 0.25) is 0 Å². The fourth-order valence-electron chi connectivity index (χ4n) is 9.02. The second-order valence-corrected chi connectivity index (χ2v) is 26.4. The molecule has 12 nitrogen and oxygen atoms in total. The number of nitrogens with zero attached hydrogens (tertiary/aromatic N) is 12. The summed E-state index contributed by atoms with van der Waals surface area (Å²) in [5.74, 6) is 0. The Balaban J connectivity index is 0.000000294. The van der Waals surface area contributed by atoms with Crippen molar-refractivity contribution >= 4 is 23.4 Å². The summed E-state index contributed by atoms with van der Waals surface area (Å²) in [5, 5.41) is 0. The van der Waals surface area contributed by atoms with E-state index in [9.17, 15) is 75.5 Å². The third-order valence-electron chi connectivity index (χ3n) is 13.3. The maximum Gasteiger partial charge on any atom is 0 e. The summed E-state index contributed by atoms with van der Waals surface area (Å²) in [7, 11) is -32.0. The Kier molecular flexibility index (Phi) is 23.9. The zero-order valence-electron chi connectivity index (χ0n) is 50.1. The minimum Gasteiger partial charge on any atom is -0.450 e.